The molecule has 0 saturated heterocycles. The van der Waals surface area contributed by atoms with Crippen molar-refractivity contribution in [2.75, 3.05) is 11.9 Å². The van der Waals surface area contributed by atoms with Gasteiger partial charge < -0.3 is 5.32 Å². The van der Waals surface area contributed by atoms with Crippen LogP contribution in [0.1, 0.15) is 6.92 Å². The predicted molar refractivity (Wildman–Crippen MR) is 64.7 cm³/mol. The molecule has 0 fully saturated rings. The van der Waals surface area contributed by atoms with Crippen molar-refractivity contribution in [3.05, 3.63) is 48.7 Å². The van der Waals surface area contributed by atoms with Gasteiger partial charge in [0.1, 0.15) is 11.6 Å². The molecule has 0 aliphatic heterocycles. The maximum absolute atomic E-state index is 12.7. The number of hydrogen-bond donors (Lipinski definition) is 1. The van der Waals surface area contributed by atoms with E-state index < -0.39 is 5.82 Å². The van der Waals surface area contributed by atoms with Crippen LogP contribution in [0.3, 0.4) is 0 Å². The number of amides is 1. The highest BCUT2D eigenvalue weighted by Crippen LogP contribution is 2.13. The molecule has 0 aliphatic rings. The number of carbonyl (C=O) groups is 1. The fourth-order valence-corrected chi connectivity index (χ4v) is 1.30. The van der Waals surface area contributed by atoms with Crippen LogP contribution in [0.15, 0.2) is 42.9 Å². The number of hydrogen-bond acceptors (Lipinski definition) is 3. The number of carbonyl (C=O) groups excluding carboxylic acids is 1. The van der Waals surface area contributed by atoms with Crippen LogP contribution in [0, 0.1) is 5.82 Å². The van der Waals surface area contributed by atoms with Crippen LogP contribution in [0.4, 0.5) is 10.2 Å². The van der Waals surface area contributed by atoms with Crippen LogP contribution in [0.2, 0.25) is 0 Å². The van der Waals surface area contributed by atoms with Gasteiger partial charge in [0, 0.05) is 13.2 Å². The van der Waals surface area contributed by atoms with Crippen molar-refractivity contribution in [1.82, 2.24) is 10.3 Å². The van der Waals surface area contributed by atoms with Crippen molar-refractivity contribution in [2.45, 2.75) is 6.92 Å². The summed E-state index contributed by atoms with van der Waals surface area (Å²) in [6, 6.07) is 2.65. The molecule has 0 atom stereocenters. The Bertz CT molecular complexity index is 440. The van der Waals surface area contributed by atoms with E-state index in [9.17, 15) is 9.18 Å². The largest absolute Gasteiger partial charge is 0.384 e. The zero-order chi connectivity index (χ0) is 12.8. The van der Waals surface area contributed by atoms with Crippen LogP contribution in [0.25, 0.3) is 0 Å². The van der Waals surface area contributed by atoms with Crippen LogP contribution < -0.4 is 10.2 Å². The fourth-order valence-electron chi connectivity index (χ4n) is 1.30. The second-order valence-corrected chi connectivity index (χ2v) is 3.14. The van der Waals surface area contributed by atoms with Crippen molar-refractivity contribution in [1.29, 1.82) is 0 Å². The summed E-state index contributed by atoms with van der Waals surface area (Å²) in [5.41, 5.74) is 0.413. The lowest BCUT2D eigenvalue weighted by Crippen LogP contribution is -2.31. The summed E-state index contributed by atoms with van der Waals surface area (Å²) in [7, 11) is 1.65. The van der Waals surface area contributed by atoms with Gasteiger partial charge in [-0.2, -0.15) is 0 Å². The molecule has 0 aromatic carbocycles. The summed E-state index contributed by atoms with van der Waals surface area (Å²) in [4.78, 5) is 17.1. The average Bonchev–Trinajstić information content (AvgIpc) is 2.34. The molecule has 1 rings (SSSR count). The molecule has 4 nitrogen and oxygen atoms in total. The van der Waals surface area contributed by atoms with Gasteiger partial charge in [0.2, 0.25) is 0 Å². The topological polar surface area (TPSA) is 45.2 Å². The van der Waals surface area contributed by atoms with Gasteiger partial charge in [-0.05, 0) is 19.1 Å². The second-order valence-electron chi connectivity index (χ2n) is 3.14. The molecule has 0 unspecified atom stereocenters. The highest BCUT2D eigenvalue weighted by Gasteiger charge is 2.16. The van der Waals surface area contributed by atoms with Crippen molar-refractivity contribution >= 4 is 11.7 Å². The maximum Gasteiger partial charge on any atom is 0.279 e. The third-order valence-electron chi connectivity index (χ3n) is 2.15. The van der Waals surface area contributed by atoms with Crippen LogP contribution in [-0.4, -0.2) is 17.9 Å². The van der Waals surface area contributed by atoms with Gasteiger partial charge in [0.05, 0.1) is 11.9 Å². The van der Waals surface area contributed by atoms with Crippen molar-refractivity contribution in [3.8, 4) is 0 Å². The van der Waals surface area contributed by atoms with Crippen LogP contribution >= 0.6 is 0 Å². The Kier molecular flexibility index (Phi) is 4.39. The van der Waals surface area contributed by atoms with E-state index in [2.05, 4.69) is 16.9 Å². The molecule has 5 heteroatoms. The number of pyridine rings is 1. The van der Waals surface area contributed by atoms with Gasteiger partial charge in [-0.1, -0.05) is 12.7 Å². The van der Waals surface area contributed by atoms with E-state index in [0.29, 0.717) is 11.5 Å². The summed E-state index contributed by atoms with van der Waals surface area (Å²) in [6.45, 7) is 5.29. The lowest BCUT2D eigenvalue weighted by atomic mass is 10.3. The number of allylic oxidation sites excluding steroid dienone is 1. The van der Waals surface area contributed by atoms with Gasteiger partial charge in [-0.25, -0.2) is 9.37 Å². The minimum absolute atomic E-state index is 0.302. The molecule has 1 N–H and O–H groups in total. The van der Waals surface area contributed by atoms with E-state index in [1.807, 2.05) is 0 Å². The van der Waals surface area contributed by atoms with E-state index in [1.165, 1.54) is 23.2 Å². The fraction of sp³-hybridized carbons (Fsp3) is 0.167. The minimum Gasteiger partial charge on any atom is -0.384 e. The van der Waals surface area contributed by atoms with E-state index >= 15 is 0 Å². The molecule has 17 heavy (non-hydrogen) atoms. The third kappa shape index (κ3) is 2.90. The Labute approximate surface area is 99.5 Å². The van der Waals surface area contributed by atoms with Gasteiger partial charge in [0.15, 0.2) is 0 Å². The lowest BCUT2D eigenvalue weighted by Gasteiger charge is -2.18. The maximum atomic E-state index is 12.7. The summed E-state index contributed by atoms with van der Waals surface area (Å²) >= 11 is 0. The first-order valence-electron chi connectivity index (χ1n) is 5.05. The molecule has 0 aliphatic carbocycles. The van der Waals surface area contributed by atoms with Gasteiger partial charge in [-0.3, -0.25) is 9.69 Å². The Morgan fingerprint density at radius 2 is 2.29 bits per heavy atom. The van der Waals surface area contributed by atoms with Crippen molar-refractivity contribution < 1.29 is 9.18 Å². The molecule has 1 amide bonds. The molecule has 0 saturated carbocycles. The molecule has 1 heterocycles. The number of nitrogens with one attached hydrogen (secondary N) is 1. The molecule has 0 spiro atoms. The number of anilines is 1. The zero-order valence-electron chi connectivity index (χ0n) is 9.77. The first kappa shape index (κ1) is 12.9. The SMILES string of the molecule is C=CN(C(=O)/C(=C\C)NC)c1ccc(F)cn1. The lowest BCUT2D eigenvalue weighted by molar-refractivity contribution is -0.114. The van der Waals surface area contributed by atoms with Gasteiger partial charge >= 0.3 is 0 Å². The Morgan fingerprint density at radius 3 is 2.71 bits per heavy atom. The Hall–Kier alpha value is -2.17. The minimum atomic E-state index is -0.454. The van der Waals surface area contributed by atoms with Crippen LogP contribution in [-0.2, 0) is 4.79 Å². The normalized spacial score (nSPS) is 10.9. The number of halogens is 1. The quantitative estimate of drug-likeness (QED) is 0.810. The van der Waals surface area contributed by atoms with E-state index in [0.717, 1.165) is 6.20 Å². The smallest absolute Gasteiger partial charge is 0.279 e. The average molecular weight is 235 g/mol. The Balaban J connectivity index is 3.03. The molecular weight excluding hydrogens is 221 g/mol. The van der Waals surface area contributed by atoms with E-state index in [-0.39, 0.29) is 5.91 Å². The summed E-state index contributed by atoms with van der Waals surface area (Å²) < 4.78 is 12.7. The number of likely N-dealkylation sites (N-methyl/N-ethyl adjacent to an activating group) is 1. The Morgan fingerprint density at radius 1 is 1.59 bits per heavy atom. The standard InChI is InChI=1S/C12H14FN3O/c1-4-10(14-3)12(17)16(5-2)11-7-6-9(13)8-15-11/h4-8,14H,2H2,1,3H3/b10-4+. The highest BCUT2D eigenvalue weighted by molar-refractivity contribution is 6.05. The van der Waals surface area contributed by atoms with Crippen LogP contribution in [0.5, 0.6) is 0 Å². The molecule has 1 aromatic heterocycles. The van der Waals surface area contributed by atoms with E-state index in [1.54, 1.807) is 20.0 Å². The van der Waals surface area contributed by atoms with Gasteiger partial charge in [0.25, 0.3) is 5.91 Å². The second kappa shape index (κ2) is 5.79. The molecule has 0 radical (unpaired) electrons. The third-order valence-corrected chi connectivity index (χ3v) is 2.15. The summed E-state index contributed by atoms with van der Waals surface area (Å²) in [5.74, 6) is -0.435. The summed E-state index contributed by atoms with van der Waals surface area (Å²) in [6.07, 6.45) is 4.03. The number of aromatic nitrogens is 1. The predicted octanol–water partition coefficient (Wildman–Crippen LogP) is 1.82. The highest BCUT2D eigenvalue weighted by atomic mass is 19.1. The van der Waals surface area contributed by atoms with E-state index in [4.69, 9.17) is 0 Å². The van der Waals surface area contributed by atoms with Gasteiger partial charge in [-0.15, -0.1) is 0 Å². The zero-order valence-corrected chi connectivity index (χ0v) is 9.77. The number of rotatable bonds is 4. The molecule has 1 aromatic rings. The molecule has 0 bridgehead atoms. The molecule has 90 valence electrons. The van der Waals surface area contributed by atoms with Crippen molar-refractivity contribution in [2.24, 2.45) is 0 Å². The first-order valence-corrected chi connectivity index (χ1v) is 5.05. The number of nitrogens with zero attached hydrogens (tertiary/aromatic N) is 2. The first-order chi connectivity index (χ1) is 8.13. The van der Waals surface area contributed by atoms with Crippen molar-refractivity contribution in [3.63, 3.8) is 0 Å². The summed E-state index contributed by atoms with van der Waals surface area (Å²) in [5, 5.41) is 2.77. The molecular formula is C12H14FN3O. The monoisotopic (exact) mass is 235 g/mol.